The molecular formula is C30H32O5S. The van der Waals surface area contributed by atoms with Gasteiger partial charge in [-0.25, -0.2) is 0 Å². The lowest BCUT2D eigenvalue weighted by molar-refractivity contribution is 0.381. The largest absolute Gasteiger partial charge is 0.457 e. The highest BCUT2D eigenvalue weighted by Crippen LogP contribution is 2.35. The fraction of sp³-hybridized carbons (Fsp3) is 0.200. The van der Waals surface area contributed by atoms with Crippen LogP contribution in [0.25, 0.3) is 0 Å². The third-order valence-electron chi connectivity index (χ3n) is 6.38. The summed E-state index contributed by atoms with van der Waals surface area (Å²) in [5.74, 6) is 1.70. The number of ether oxygens (including phenoxy) is 1. The second-order valence-electron chi connectivity index (χ2n) is 9.58. The van der Waals surface area contributed by atoms with E-state index >= 15 is 0 Å². The van der Waals surface area contributed by atoms with Gasteiger partial charge in [-0.15, -0.1) is 0 Å². The third-order valence-corrected chi connectivity index (χ3v) is 6.38. The van der Waals surface area contributed by atoms with Crippen molar-refractivity contribution in [3.63, 3.8) is 0 Å². The fourth-order valence-corrected chi connectivity index (χ4v) is 4.06. The molecule has 0 heterocycles. The van der Waals surface area contributed by atoms with Crippen LogP contribution in [0, 0.1) is 0 Å². The molecular weight excluding hydrogens is 472 g/mol. The molecule has 0 aliphatic heterocycles. The summed E-state index contributed by atoms with van der Waals surface area (Å²) in [7, 11) is -4.67. The van der Waals surface area contributed by atoms with Crippen molar-refractivity contribution >= 4 is 10.4 Å². The van der Waals surface area contributed by atoms with Gasteiger partial charge in [-0.3, -0.25) is 9.11 Å². The zero-order valence-corrected chi connectivity index (χ0v) is 21.7. The van der Waals surface area contributed by atoms with Crippen LogP contribution in [-0.2, 0) is 21.2 Å². The topological polar surface area (TPSA) is 83.8 Å². The van der Waals surface area contributed by atoms with Gasteiger partial charge in [0, 0.05) is 10.8 Å². The molecule has 0 radical (unpaired) electrons. The van der Waals surface area contributed by atoms with E-state index in [-0.39, 0.29) is 10.8 Å². The van der Waals surface area contributed by atoms with Crippen molar-refractivity contribution < 1.29 is 22.3 Å². The first-order valence-electron chi connectivity index (χ1n) is 11.6. The zero-order valence-electron chi connectivity index (χ0n) is 20.9. The molecule has 5 nitrogen and oxygen atoms in total. The molecule has 0 bridgehead atoms. The summed E-state index contributed by atoms with van der Waals surface area (Å²) in [6, 6.07) is 38.1. The molecule has 2 N–H and O–H groups in total. The van der Waals surface area contributed by atoms with E-state index in [1.807, 2.05) is 0 Å². The predicted octanol–water partition coefficient (Wildman–Crippen LogP) is 7.48. The highest BCUT2D eigenvalue weighted by atomic mass is 32.3. The smallest absolute Gasteiger partial charge is 0.394 e. The van der Waals surface area contributed by atoms with Crippen LogP contribution in [0.5, 0.6) is 11.5 Å². The molecule has 6 heteroatoms. The molecule has 188 valence electrons. The lowest BCUT2D eigenvalue weighted by Gasteiger charge is -2.26. The summed E-state index contributed by atoms with van der Waals surface area (Å²) in [6.45, 7) is 9.02. The van der Waals surface area contributed by atoms with Gasteiger partial charge in [0.05, 0.1) is 0 Å². The van der Waals surface area contributed by atoms with E-state index < -0.39 is 10.4 Å². The van der Waals surface area contributed by atoms with Gasteiger partial charge in [-0.1, -0.05) is 113 Å². The summed E-state index contributed by atoms with van der Waals surface area (Å²) in [4.78, 5) is 0. The summed E-state index contributed by atoms with van der Waals surface area (Å²) in [5.41, 5.74) is 5.05. The number of hydrogen-bond acceptors (Lipinski definition) is 3. The van der Waals surface area contributed by atoms with Crippen molar-refractivity contribution in [3.05, 3.63) is 131 Å². The first-order chi connectivity index (χ1) is 16.9. The van der Waals surface area contributed by atoms with Crippen molar-refractivity contribution in [3.8, 4) is 11.5 Å². The lowest BCUT2D eigenvalue weighted by Crippen LogP contribution is -2.18. The first kappa shape index (κ1) is 27.1. The predicted molar refractivity (Wildman–Crippen MR) is 144 cm³/mol. The molecule has 4 aromatic carbocycles. The maximum Gasteiger partial charge on any atom is 0.394 e. The van der Waals surface area contributed by atoms with Crippen LogP contribution in [0.1, 0.15) is 49.9 Å². The fourth-order valence-electron chi connectivity index (χ4n) is 4.06. The first-order valence-corrected chi connectivity index (χ1v) is 13.0. The van der Waals surface area contributed by atoms with Gasteiger partial charge < -0.3 is 4.74 Å². The standard InChI is InChI=1S/C30H30O.H2O4S/c1-29(2,23-11-7-5-8-12-23)25-15-19-27(20-16-25)31-28-21-17-26(18-22-28)30(3,4)24-13-9-6-10-14-24;1-5(2,3)4/h5-22H,1-4H3;(H2,1,2,3,4). The Morgan fingerprint density at radius 2 is 0.750 bits per heavy atom. The molecule has 4 rings (SSSR count). The normalized spacial score (nSPS) is 11.8. The third kappa shape index (κ3) is 7.28. The summed E-state index contributed by atoms with van der Waals surface area (Å²) < 4.78 is 37.7. The molecule has 0 aliphatic rings. The highest BCUT2D eigenvalue weighted by molar-refractivity contribution is 7.79. The van der Waals surface area contributed by atoms with Crippen molar-refractivity contribution in [1.82, 2.24) is 0 Å². The Hall–Kier alpha value is -3.45. The van der Waals surface area contributed by atoms with Crippen LogP contribution in [0.15, 0.2) is 109 Å². The van der Waals surface area contributed by atoms with Crippen LogP contribution in [0.2, 0.25) is 0 Å². The van der Waals surface area contributed by atoms with E-state index in [9.17, 15) is 0 Å². The van der Waals surface area contributed by atoms with Gasteiger partial charge in [0.15, 0.2) is 0 Å². The molecule has 0 fully saturated rings. The quantitative estimate of drug-likeness (QED) is 0.266. The van der Waals surface area contributed by atoms with E-state index in [1.54, 1.807) is 0 Å². The van der Waals surface area contributed by atoms with Crippen LogP contribution in [0.3, 0.4) is 0 Å². The van der Waals surface area contributed by atoms with E-state index in [0.29, 0.717) is 0 Å². The van der Waals surface area contributed by atoms with Crippen LogP contribution < -0.4 is 4.74 Å². The molecule has 0 spiro atoms. The molecule has 0 amide bonds. The van der Waals surface area contributed by atoms with Gasteiger partial charge in [0.1, 0.15) is 11.5 Å². The minimum atomic E-state index is -4.67. The molecule has 0 aliphatic carbocycles. The van der Waals surface area contributed by atoms with E-state index in [2.05, 4.69) is 137 Å². The average Bonchev–Trinajstić information content (AvgIpc) is 2.85. The molecule has 0 saturated heterocycles. The second kappa shape index (κ2) is 11.1. The molecule has 0 aromatic heterocycles. The number of rotatable bonds is 6. The monoisotopic (exact) mass is 504 g/mol. The Balaban J connectivity index is 0.000000658. The van der Waals surface area contributed by atoms with Gasteiger partial charge >= 0.3 is 10.4 Å². The summed E-state index contributed by atoms with van der Waals surface area (Å²) >= 11 is 0. The van der Waals surface area contributed by atoms with Gasteiger partial charge in [-0.2, -0.15) is 8.42 Å². The van der Waals surface area contributed by atoms with Crippen molar-refractivity contribution in [1.29, 1.82) is 0 Å². The van der Waals surface area contributed by atoms with E-state index in [1.165, 1.54) is 22.3 Å². The van der Waals surface area contributed by atoms with E-state index in [4.69, 9.17) is 22.3 Å². The van der Waals surface area contributed by atoms with Crippen LogP contribution >= 0.6 is 0 Å². The molecule has 4 aromatic rings. The minimum absolute atomic E-state index is 0.0511. The maximum absolute atomic E-state index is 8.74. The van der Waals surface area contributed by atoms with Crippen LogP contribution in [-0.4, -0.2) is 17.5 Å². The molecule has 0 unspecified atom stereocenters. The summed E-state index contributed by atoms with van der Waals surface area (Å²) in [6.07, 6.45) is 0. The number of hydrogen-bond donors (Lipinski definition) is 2. The van der Waals surface area contributed by atoms with Crippen LogP contribution in [0.4, 0.5) is 0 Å². The van der Waals surface area contributed by atoms with Gasteiger partial charge in [0.25, 0.3) is 0 Å². The molecule has 0 saturated carbocycles. The van der Waals surface area contributed by atoms with Crippen molar-refractivity contribution in [2.24, 2.45) is 0 Å². The number of benzene rings is 4. The average molecular weight is 505 g/mol. The second-order valence-corrected chi connectivity index (χ2v) is 10.5. The molecule has 0 atom stereocenters. The Bertz CT molecular complexity index is 1240. The Labute approximate surface area is 214 Å². The zero-order chi connectivity index (χ0) is 26.4. The maximum atomic E-state index is 8.74. The minimum Gasteiger partial charge on any atom is -0.457 e. The lowest BCUT2D eigenvalue weighted by atomic mass is 9.78. The summed E-state index contributed by atoms with van der Waals surface area (Å²) in [5, 5.41) is 0. The SMILES string of the molecule is CC(C)(c1ccccc1)c1ccc(Oc2ccc(C(C)(C)c3ccccc3)cc2)cc1.O=S(=O)(O)O. The Kier molecular flexibility index (Phi) is 8.35. The highest BCUT2D eigenvalue weighted by Gasteiger charge is 2.24. The van der Waals surface area contributed by atoms with Crippen molar-refractivity contribution in [2.45, 2.75) is 38.5 Å². The van der Waals surface area contributed by atoms with E-state index in [0.717, 1.165) is 11.5 Å². The Morgan fingerprint density at radius 1 is 0.500 bits per heavy atom. The van der Waals surface area contributed by atoms with Gasteiger partial charge in [0.2, 0.25) is 0 Å². The Morgan fingerprint density at radius 3 is 1.03 bits per heavy atom. The molecule has 36 heavy (non-hydrogen) atoms. The van der Waals surface area contributed by atoms with Crippen molar-refractivity contribution in [2.75, 3.05) is 0 Å². The van der Waals surface area contributed by atoms with Gasteiger partial charge in [-0.05, 0) is 46.5 Å².